The number of rotatable bonds is 6. The predicted octanol–water partition coefficient (Wildman–Crippen LogP) is -0.142. The lowest BCUT2D eigenvalue weighted by atomic mass is 10.2. The smallest absolute Gasteiger partial charge is 0.307 e. The van der Waals surface area contributed by atoms with Crippen LogP contribution in [0.5, 0.6) is 0 Å². The first-order chi connectivity index (χ1) is 5.57. The third-order valence-corrected chi connectivity index (χ3v) is 1.75. The first-order valence-electron chi connectivity index (χ1n) is 4.14. The third kappa shape index (κ3) is 5.09. The third-order valence-electron chi connectivity index (χ3n) is 1.75. The number of hydrogen-bond acceptors (Lipinski definition) is 3. The minimum absolute atomic E-state index is 0.285. The molecule has 2 N–H and O–H groups in total. The molecule has 0 saturated heterocycles. The van der Waals surface area contributed by atoms with E-state index in [-0.39, 0.29) is 5.92 Å². The molecule has 0 fully saturated rings. The Morgan fingerprint density at radius 2 is 2.25 bits per heavy atom. The van der Waals surface area contributed by atoms with Crippen molar-refractivity contribution in [3.63, 3.8) is 0 Å². The van der Waals surface area contributed by atoms with Gasteiger partial charge in [-0.3, -0.25) is 4.79 Å². The maximum absolute atomic E-state index is 10.5. The van der Waals surface area contributed by atoms with Gasteiger partial charge in [-0.15, -0.1) is 0 Å². The average molecular weight is 174 g/mol. The summed E-state index contributed by atoms with van der Waals surface area (Å²) < 4.78 is 0. The highest BCUT2D eigenvalue weighted by Crippen LogP contribution is 1.96. The van der Waals surface area contributed by atoms with Crippen LogP contribution in [0, 0.1) is 5.92 Å². The summed E-state index contributed by atoms with van der Waals surface area (Å²) in [6.45, 7) is 4.10. The molecule has 12 heavy (non-hydrogen) atoms. The Bertz CT molecular complexity index is 139. The Kier molecular flexibility index (Phi) is 5.66. The predicted molar refractivity (Wildman–Crippen MR) is 48.2 cm³/mol. The van der Waals surface area contributed by atoms with Crippen LogP contribution in [-0.2, 0) is 4.79 Å². The van der Waals surface area contributed by atoms with Crippen molar-refractivity contribution in [3.8, 4) is 0 Å². The van der Waals surface area contributed by atoms with Crippen molar-refractivity contribution in [1.82, 2.24) is 10.2 Å². The largest absolute Gasteiger partial charge is 0.481 e. The summed E-state index contributed by atoms with van der Waals surface area (Å²) in [5.41, 5.74) is 0. The molecule has 0 heterocycles. The monoisotopic (exact) mass is 174 g/mol. The zero-order valence-electron chi connectivity index (χ0n) is 8.00. The van der Waals surface area contributed by atoms with Crippen LogP contribution >= 0.6 is 0 Å². The van der Waals surface area contributed by atoms with E-state index in [0.29, 0.717) is 6.54 Å². The van der Waals surface area contributed by atoms with E-state index < -0.39 is 5.97 Å². The number of carboxylic acid groups (broad SMARTS) is 1. The highest BCUT2D eigenvalue weighted by atomic mass is 16.4. The van der Waals surface area contributed by atoms with E-state index in [1.54, 1.807) is 6.92 Å². The van der Waals surface area contributed by atoms with Crippen LogP contribution in [0.15, 0.2) is 0 Å². The van der Waals surface area contributed by atoms with Crippen LogP contribution in [0.25, 0.3) is 0 Å². The van der Waals surface area contributed by atoms with Gasteiger partial charge in [-0.25, -0.2) is 0 Å². The standard InChI is InChI=1S/C8H18N2O2/c1-7(8(11)12)6-10(3)5-4-9-2/h7,9H,4-6H2,1-3H3,(H,11,12). The Morgan fingerprint density at radius 1 is 1.67 bits per heavy atom. The maximum atomic E-state index is 10.5. The van der Waals surface area contributed by atoms with Gasteiger partial charge in [0.2, 0.25) is 0 Å². The fourth-order valence-electron chi connectivity index (χ4n) is 0.940. The molecule has 0 rings (SSSR count). The number of carboxylic acids is 1. The van der Waals surface area contributed by atoms with Crippen molar-refractivity contribution in [2.45, 2.75) is 6.92 Å². The molecule has 4 heteroatoms. The molecule has 0 bridgehead atoms. The van der Waals surface area contributed by atoms with Crippen molar-refractivity contribution in [1.29, 1.82) is 0 Å². The quantitative estimate of drug-likeness (QED) is 0.588. The minimum atomic E-state index is -0.730. The van der Waals surface area contributed by atoms with E-state index >= 15 is 0 Å². The normalized spacial score (nSPS) is 13.3. The van der Waals surface area contributed by atoms with Gasteiger partial charge in [0.1, 0.15) is 0 Å². The molecule has 1 atom stereocenters. The first-order valence-corrected chi connectivity index (χ1v) is 4.14. The van der Waals surface area contributed by atoms with Gasteiger partial charge in [0.25, 0.3) is 0 Å². The number of nitrogens with zero attached hydrogens (tertiary/aromatic N) is 1. The molecule has 0 radical (unpaired) electrons. The van der Waals surface area contributed by atoms with Gasteiger partial charge >= 0.3 is 5.97 Å². The molecule has 72 valence electrons. The number of hydrogen-bond donors (Lipinski definition) is 2. The summed E-state index contributed by atoms with van der Waals surface area (Å²) in [6, 6.07) is 0. The molecular formula is C8H18N2O2. The summed E-state index contributed by atoms with van der Waals surface area (Å²) in [6.07, 6.45) is 0. The van der Waals surface area contributed by atoms with Crippen molar-refractivity contribution >= 4 is 5.97 Å². The Balaban J connectivity index is 3.53. The zero-order valence-corrected chi connectivity index (χ0v) is 8.00. The molecular weight excluding hydrogens is 156 g/mol. The fourth-order valence-corrected chi connectivity index (χ4v) is 0.940. The van der Waals surface area contributed by atoms with Crippen molar-refractivity contribution in [3.05, 3.63) is 0 Å². The zero-order chi connectivity index (χ0) is 9.56. The van der Waals surface area contributed by atoms with Crippen molar-refractivity contribution < 1.29 is 9.90 Å². The maximum Gasteiger partial charge on any atom is 0.307 e. The molecule has 0 aromatic heterocycles. The summed E-state index contributed by atoms with van der Waals surface area (Å²) in [7, 11) is 3.81. The molecule has 4 nitrogen and oxygen atoms in total. The van der Waals surface area contributed by atoms with Crippen LogP contribution in [0.1, 0.15) is 6.92 Å². The van der Waals surface area contributed by atoms with Crippen LogP contribution in [0.4, 0.5) is 0 Å². The van der Waals surface area contributed by atoms with Crippen LogP contribution in [0.3, 0.4) is 0 Å². The molecule has 0 aliphatic carbocycles. The van der Waals surface area contributed by atoms with Crippen LogP contribution in [0.2, 0.25) is 0 Å². The Hall–Kier alpha value is -0.610. The molecule has 1 unspecified atom stereocenters. The van der Waals surface area contributed by atoms with E-state index in [4.69, 9.17) is 5.11 Å². The van der Waals surface area contributed by atoms with Crippen LogP contribution < -0.4 is 5.32 Å². The second kappa shape index (κ2) is 5.97. The summed E-state index contributed by atoms with van der Waals surface area (Å²) >= 11 is 0. The van der Waals surface area contributed by atoms with E-state index in [0.717, 1.165) is 13.1 Å². The van der Waals surface area contributed by atoms with Crippen molar-refractivity contribution in [2.24, 2.45) is 5.92 Å². The van der Waals surface area contributed by atoms with Crippen molar-refractivity contribution in [2.75, 3.05) is 33.7 Å². The number of likely N-dealkylation sites (N-methyl/N-ethyl adjacent to an activating group) is 2. The van der Waals surface area contributed by atoms with Gasteiger partial charge in [-0.2, -0.15) is 0 Å². The second-order valence-corrected chi connectivity index (χ2v) is 3.11. The molecule has 0 aromatic carbocycles. The fraction of sp³-hybridized carbons (Fsp3) is 0.875. The number of carbonyl (C=O) groups is 1. The van der Waals surface area contributed by atoms with Gasteiger partial charge in [0.05, 0.1) is 5.92 Å². The molecule has 0 saturated carbocycles. The van der Waals surface area contributed by atoms with E-state index in [9.17, 15) is 4.79 Å². The van der Waals surface area contributed by atoms with Gasteiger partial charge in [-0.05, 0) is 14.1 Å². The Morgan fingerprint density at radius 3 is 2.67 bits per heavy atom. The lowest BCUT2D eigenvalue weighted by Gasteiger charge is -2.18. The molecule has 0 amide bonds. The summed E-state index contributed by atoms with van der Waals surface area (Å²) in [5.74, 6) is -1.02. The van der Waals surface area contributed by atoms with Gasteiger partial charge in [-0.1, -0.05) is 6.92 Å². The number of nitrogens with one attached hydrogen (secondary N) is 1. The van der Waals surface area contributed by atoms with E-state index in [1.165, 1.54) is 0 Å². The van der Waals surface area contributed by atoms with E-state index in [2.05, 4.69) is 5.32 Å². The van der Waals surface area contributed by atoms with Gasteiger partial charge in [0.15, 0.2) is 0 Å². The Labute approximate surface area is 73.6 Å². The second-order valence-electron chi connectivity index (χ2n) is 3.11. The van der Waals surface area contributed by atoms with Gasteiger partial charge < -0.3 is 15.3 Å². The van der Waals surface area contributed by atoms with Crippen LogP contribution in [-0.4, -0.2) is 49.7 Å². The molecule has 0 aliphatic rings. The topological polar surface area (TPSA) is 52.6 Å². The summed E-state index contributed by atoms with van der Waals surface area (Å²) in [5, 5.41) is 11.6. The lowest BCUT2D eigenvalue weighted by molar-refractivity contribution is -0.141. The van der Waals surface area contributed by atoms with Gasteiger partial charge in [0, 0.05) is 19.6 Å². The lowest BCUT2D eigenvalue weighted by Crippen LogP contribution is -2.33. The van der Waals surface area contributed by atoms with E-state index in [1.807, 2.05) is 19.0 Å². The highest BCUT2D eigenvalue weighted by Gasteiger charge is 2.12. The highest BCUT2D eigenvalue weighted by molar-refractivity contribution is 5.69. The summed E-state index contributed by atoms with van der Waals surface area (Å²) in [4.78, 5) is 12.5. The first kappa shape index (κ1) is 11.4. The molecule has 0 spiro atoms. The minimum Gasteiger partial charge on any atom is -0.481 e. The average Bonchev–Trinajstić information content (AvgIpc) is 2.00. The number of aliphatic carboxylic acids is 1. The SMILES string of the molecule is CNCCN(C)CC(C)C(=O)O. The molecule has 0 aromatic rings. The molecule has 0 aliphatic heterocycles.